The minimum atomic E-state index is -0.735. The Balaban J connectivity index is 1.46. The maximum absolute atomic E-state index is 12.9. The summed E-state index contributed by atoms with van der Waals surface area (Å²) in [6, 6.07) is 19.9. The zero-order valence-electron chi connectivity index (χ0n) is 17.5. The first-order valence-corrected chi connectivity index (χ1v) is 11.2. The number of nitrogens with two attached hydrogens (primary N) is 1. The van der Waals surface area contributed by atoms with Crippen molar-refractivity contribution in [1.82, 2.24) is 4.90 Å². The van der Waals surface area contributed by atoms with Gasteiger partial charge in [0, 0.05) is 23.5 Å². The van der Waals surface area contributed by atoms with E-state index in [4.69, 9.17) is 10.5 Å². The number of hydrogen-bond donors (Lipinski definition) is 1. The quantitative estimate of drug-likeness (QED) is 0.613. The number of carbonyl (C=O) groups excluding carboxylic acids is 2. The van der Waals surface area contributed by atoms with Gasteiger partial charge in [-0.05, 0) is 41.5 Å². The van der Waals surface area contributed by atoms with Crippen molar-refractivity contribution in [1.29, 1.82) is 0 Å². The molecule has 2 aromatic carbocycles. The molecule has 1 unspecified atom stereocenters. The van der Waals surface area contributed by atoms with Gasteiger partial charge in [-0.3, -0.25) is 9.59 Å². The Morgan fingerprint density at radius 2 is 1.87 bits per heavy atom. The van der Waals surface area contributed by atoms with Crippen LogP contribution >= 0.6 is 11.3 Å². The van der Waals surface area contributed by atoms with Gasteiger partial charge in [-0.2, -0.15) is 0 Å². The molecule has 1 fully saturated rings. The maximum Gasteiger partial charge on any atom is 0.227 e. The first-order chi connectivity index (χ1) is 15.0. The van der Waals surface area contributed by atoms with Crippen LogP contribution in [0.25, 0.3) is 10.4 Å². The van der Waals surface area contributed by atoms with Gasteiger partial charge in [0.15, 0.2) is 0 Å². The monoisotopic (exact) mass is 434 g/mol. The fourth-order valence-corrected chi connectivity index (χ4v) is 5.00. The summed E-state index contributed by atoms with van der Waals surface area (Å²) in [5.74, 6) is 0.338. The van der Waals surface area contributed by atoms with E-state index in [2.05, 4.69) is 35.7 Å². The molecule has 0 aliphatic carbocycles. The van der Waals surface area contributed by atoms with Gasteiger partial charge in [0.1, 0.15) is 5.75 Å². The molecule has 0 spiro atoms. The van der Waals surface area contributed by atoms with Crippen LogP contribution in [0.15, 0.2) is 66.0 Å². The van der Waals surface area contributed by atoms with Crippen molar-refractivity contribution < 1.29 is 14.3 Å². The third-order valence-electron chi connectivity index (χ3n) is 6.07. The van der Waals surface area contributed by atoms with Crippen molar-refractivity contribution in [2.45, 2.75) is 19.3 Å². The van der Waals surface area contributed by atoms with E-state index >= 15 is 0 Å². The molecule has 160 valence electrons. The SMILES string of the molecule is COc1ccccc1CC(=O)N1CCC(Cc2ccc(-c3cccs3)cc2)(C(N)=O)C1. The number of methoxy groups -OCH3 is 1. The van der Waals surface area contributed by atoms with Crippen LogP contribution in [0.5, 0.6) is 5.75 Å². The van der Waals surface area contributed by atoms with E-state index in [-0.39, 0.29) is 18.2 Å². The maximum atomic E-state index is 12.9. The topological polar surface area (TPSA) is 72.6 Å². The normalized spacial score (nSPS) is 18.2. The Bertz CT molecular complexity index is 1060. The van der Waals surface area contributed by atoms with Crippen molar-refractivity contribution in [3.8, 4) is 16.2 Å². The molecule has 1 saturated heterocycles. The van der Waals surface area contributed by atoms with Crippen LogP contribution in [0.2, 0.25) is 0 Å². The number of carbonyl (C=O) groups is 2. The average Bonchev–Trinajstić information content (AvgIpc) is 3.46. The number of thiophene rings is 1. The van der Waals surface area contributed by atoms with Crippen LogP contribution < -0.4 is 10.5 Å². The van der Waals surface area contributed by atoms with E-state index in [9.17, 15) is 9.59 Å². The molecule has 1 aliphatic rings. The summed E-state index contributed by atoms with van der Waals surface area (Å²) in [4.78, 5) is 28.4. The van der Waals surface area contributed by atoms with E-state index in [1.165, 1.54) is 4.88 Å². The van der Waals surface area contributed by atoms with Crippen molar-refractivity contribution in [2.24, 2.45) is 11.1 Å². The van der Waals surface area contributed by atoms with E-state index in [1.54, 1.807) is 23.3 Å². The summed E-state index contributed by atoms with van der Waals surface area (Å²) >= 11 is 1.70. The summed E-state index contributed by atoms with van der Waals surface area (Å²) in [5, 5.41) is 2.06. The number of likely N-dealkylation sites (tertiary alicyclic amines) is 1. The van der Waals surface area contributed by atoms with Gasteiger partial charge in [0.2, 0.25) is 11.8 Å². The summed E-state index contributed by atoms with van der Waals surface area (Å²) in [6.45, 7) is 0.882. The smallest absolute Gasteiger partial charge is 0.227 e. The van der Waals surface area contributed by atoms with Gasteiger partial charge < -0.3 is 15.4 Å². The van der Waals surface area contributed by atoms with E-state index in [0.717, 1.165) is 16.7 Å². The molecule has 1 atom stereocenters. The molecule has 0 bridgehead atoms. The number of rotatable bonds is 7. The van der Waals surface area contributed by atoms with Crippen molar-refractivity contribution in [3.63, 3.8) is 0 Å². The predicted octanol–water partition coefficient (Wildman–Crippen LogP) is 3.91. The average molecular weight is 435 g/mol. The van der Waals surface area contributed by atoms with Gasteiger partial charge in [0.05, 0.1) is 18.9 Å². The van der Waals surface area contributed by atoms with Gasteiger partial charge in [-0.1, -0.05) is 48.5 Å². The zero-order valence-corrected chi connectivity index (χ0v) is 18.4. The summed E-state index contributed by atoms with van der Waals surface area (Å²) < 4.78 is 5.36. The fraction of sp³-hybridized carbons (Fsp3) is 0.280. The van der Waals surface area contributed by atoms with Crippen LogP contribution in [-0.4, -0.2) is 36.9 Å². The van der Waals surface area contributed by atoms with Crippen molar-refractivity contribution in [3.05, 3.63) is 77.2 Å². The van der Waals surface area contributed by atoms with Crippen LogP contribution in [-0.2, 0) is 22.4 Å². The Morgan fingerprint density at radius 3 is 2.55 bits per heavy atom. The van der Waals surface area contributed by atoms with E-state index < -0.39 is 5.41 Å². The fourth-order valence-electron chi connectivity index (χ4n) is 4.26. The minimum Gasteiger partial charge on any atom is -0.496 e. The van der Waals surface area contributed by atoms with Crippen molar-refractivity contribution >= 4 is 23.2 Å². The molecule has 1 aromatic heterocycles. The lowest BCUT2D eigenvalue weighted by atomic mass is 9.80. The molecule has 3 aromatic rings. The Morgan fingerprint density at radius 1 is 1.10 bits per heavy atom. The second kappa shape index (κ2) is 8.94. The highest BCUT2D eigenvalue weighted by molar-refractivity contribution is 7.13. The first-order valence-electron chi connectivity index (χ1n) is 10.3. The van der Waals surface area contributed by atoms with E-state index in [0.29, 0.717) is 31.7 Å². The lowest BCUT2D eigenvalue weighted by Gasteiger charge is -2.26. The van der Waals surface area contributed by atoms with Gasteiger partial charge >= 0.3 is 0 Å². The van der Waals surface area contributed by atoms with Crippen LogP contribution in [0.4, 0.5) is 0 Å². The number of benzene rings is 2. The first kappa shape index (κ1) is 21.1. The van der Waals surface area contributed by atoms with Gasteiger partial charge in [-0.25, -0.2) is 0 Å². The van der Waals surface area contributed by atoms with Crippen molar-refractivity contribution in [2.75, 3.05) is 20.2 Å². The second-order valence-corrected chi connectivity index (χ2v) is 9.00. The molecule has 6 heteroatoms. The molecule has 31 heavy (non-hydrogen) atoms. The largest absolute Gasteiger partial charge is 0.496 e. The summed E-state index contributed by atoms with van der Waals surface area (Å²) in [7, 11) is 1.60. The minimum absolute atomic E-state index is 0.0133. The number of amides is 2. The molecule has 2 amide bonds. The highest BCUT2D eigenvalue weighted by atomic mass is 32.1. The molecular weight excluding hydrogens is 408 g/mol. The van der Waals surface area contributed by atoms with Crippen LogP contribution in [0.1, 0.15) is 17.5 Å². The Labute approximate surface area is 186 Å². The molecule has 0 saturated carbocycles. The molecule has 0 radical (unpaired) electrons. The molecule has 1 aliphatic heterocycles. The van der Waals surface area contributed by atoms with Gasteiger partial charge in [-0.15, -0.1) is 11.3 Å². The highest BCUT2D eigenvalue weighted by Crippen LogP contribution is 2.35. The van der Waals surface area contributed by atoms with Crippen LogP contribution in [0, 0.1) is 5.41 Å². The molecule has 5 nitrogen and oxygen atoms in total. The summed E-state index contributed by atoms with van der Waals surface area (Å²) in [5.41, 5.74) is 8.17. The number of hydrogen-bond acceptors (Lipinski definition) is 4. The standard InChI is InChI=1S/C25H26N2O3S/c1-30-21-6-3-2-5-20(21)15-23(28)27-13-12-25(17-27,24(26)29)16-18-8-10-19(11-9-18)22-7-4-14-31-22/h2-11,14H,12-13,15-17H2,1H3,(H2,26,29). The number of para-hydroxylation sites is 1. The molecule has 2 N–H and O–H groups in total. The zero-order chi connectivity index (χ0) is 21.8. The third-order valence-corrected chi connectivity index (χ3v) is 6.98. The number of primary amides is 1. The summed E-state index contributed by atoms with van der Waals surface area (Å²) in [6.07, 6.45) is 1.35. The van der Waals surface area contributed by atoms with Crippen LogP contribution in [0.3, 0.4) is 0 Å². The molecule has 4 rings (SSSR count). The predicted molar refractivity (Wildman–Crippen MR) is 123 cm³/mol. The third kappa shape index (κ3) is 4.49. The van der Waals surface area contributed by atoms with E-state index in [1.807, 2.05) is 30.3 Å². The number of nitrogens with zero attached hydrogens (tertiary/aromatic N) is 1. The van der Waals surface area contributed by atoms with Gasteiger partial charge in [0.25, 0.3) is 0 Å². The Kier molecular flexibility index (Phi) is 6.09. The molecular formula is C25H26N2O3S. The second-order valence-electron chi connectivity index (χ2n) is 8.05. The Hall–Kier alpha value is -3.12. The number of ether oxygens (including phenoxy) is 1. The lowest BCUT2D eigenvalue weighted by Crippen LogP contribution is -2.42. The molecule has 2 heterocycles. The highest BCUT2D eigenvalue weighted by Gasteiger charge is 2.44. The lowest BCUT2D eigenvalue weighted by molar-refractivity contribution is -0.131.